The molecule has 0 aromatic heterocycles. The maximum absolute atomic E-state index is 13.3. The summed E-state index contributed by atoms with van der Waals surface area (Å²) in [7, 11) is 0. The number of carbonyl (C=O) groups excluding carboxylic acids is 2. The summed E-state index contributed by atoms with van der Waals surface area (Å²) in [6, 6.07) is 16.9. The number of rotatable bonds is 4. The summed E-state index contributed by atoms with van der Waals surface area (Å²) >= 11 is 0. The van der Waals surface area contributed by atoms with Crippen molar-refractivity contribution < 1.29 is 24.5 Å². The molecule has 1 fully saturated rings. The number of ketones is 1. The van der Waals surface area contributed by atoms with Crippen LogP contribution in [0.2, 0.25) is 0 Å². The number of nitrogens with zero attached hydrogens (tertiary/aromatic N) is 1. The van der Waals surface area contributed by atoms with Crippen LogP contribution in [-0.4, -0.2) is 33.4 Å². The van der Waals surface area contributed by atoms with Gasteiger partial charge in [0.15, 0.2) is 0 Å². The molecule has 1 unspecified atom stereocenters. The highest BCUT2D eigenvalue weighted by molar-refractivity contribution is 6.46. The molecular formula is C28H25NO5. The quantitative estimate of drug-likeness (QED) is 0.342. The summed E-state index contributed by atoms with van der Waals surface area (Å²) in [4.78, 5) is 28.0. The van der Waals surface area contributed by atoms with E-state index in [-0.39, 0.29) is 23.6 Å². The standard InChI is InChI=1S/C28H25NO5/c1-16-3-4-17(2)21(13-16)15-29-25(18-5-8-22(30)9-6-18)24(27(32)28(29)33)26(31)20-7-10-23-19(14-20)11-12-34-23/h3-10,13-14,25,30-31H,11-12,15H2,1-2H3/b26-24-. The van der Waals surface area contributed by atoms with Crippen LogP contribution in [0.4, 0.5) is 0 Å². The Bertz CT molecular complexity index is 1340. The minimum atomic E-state index is -0.787. The van der Waals surface area contributed by atoms with Crippen LogP contribution in [0, 0.1) is 13.8 Å². The molecule has 0 saturated carbocycles. The van der Waals surface area contributed by atoms with Crippen molar-refractivity contribution in [3.8, 4) is 11.5 Å². The summed E-state index contributed by atoms with van der Waals surface area (Å²) in [5, 5.41) is 21.1. The predicted octanol–water partition coefficient (Wildman–Crippen LogP) is 4.57. The highest BCUT2D eigenvalue weighted by atomic mass is 16.5. The van der Waals surface area contributed by atoms with E-state index in [2.05, 4.69) is 0 Å². The van der Waals surface area contributed by atoms with Crippen LogP contribution in [0.25, 0.3) is 5.76 Å². The maximum atomic E-state index is 13.3. The molecule has 6 heteroatoms. The van der Waals surface area contributed by atoms with Crippen LogP contribution in [-0.2, 0) is 22.6 Å². The average Bonchev–Trinajstić information content (AvgIpc) is 3.39. The molecule has 2 N–H and O–H groups in total. The Labute approximate surface area is 197 Å². The van der Waals surface area contributed by atoms with Gasteiger partial charge in [0, 0.05) is 18.5 Å². The smallest absolute Gasteiger partial charge is 0.295 e. The Kier molecular flexibility index (Phi) is 5.36. The van der Waals surface area contributed by atoms with Crippen LogP contribution in [0.3, 0.4) is 0 Å². The third kappa shape index (κ3) is 3.71. The van der Waals surface area contributed by atoms with Gasteiger partial charge in [-0.1, -0.05) is 35.9 Å². The van der Waals surface area contributed by atoms with Crippen LogP contribution < -0.4 is 4.74 Å². The fraction of sp³-hybridized carbons (Fsp3) is 0.214. The van der Waals surface area contributed by atoms with E-state index in [0.717, 1.165) is 34.4 Å². The van der Waals surface area contributed by atoms with Gasteiger partial charge in [-0.2, -0.15) is 0 Å². The van der Waals surface area contributed by atoms with Gasteiger partial charge in [0.1, 0.15) is 17.3 Å². The zero-order chi connectivity index (χ0) is 24.0. The summed E-state index contributed by atoms with van der Waals surface area (Å²) in [6.07, 6.45) is 0.721. The van der Waals surface area contributed by atoms with Crippen LogP contribution in [0.15, 0.2) is 66.2 Å². The molecule has 1 amide bonds. The van der Waals surface area contributed by atoms with Crippen LogP contribution in [0.5, 0.6) is 11.5 Å². The molecule has 6 nitrogen and oxygen atoms in total. The number of aromatic hydroxyl groups is 1. The normalized spacial score (nSPS) is 18.8. The lowest BCUT2D eigenvalue weighted by Crippen LogP contribution is -2.29. The summed E-state index contributed by atoms with van der Waals surface area (Å²) < 4.78 is 5.55. The van der Waals surface area contributed by atoms with E-state index in [0.29, 0.717) is 17.7 Å². The molecule has 0 spiro atoms. The van der Waals surface area contributed by atoms with Gasteiger partial charge in [0.2, 0.25) is 0 Å². The van der Waals surface area contributed by atoms with Gasteiger partial charge in [-0.05, 0) is 66.4 Å². The fourth-order valence-corrected chi connectivity index (χ4v) is 4.69. The number of phenolic OH excluding ortho intramolecular Hbond substituents is 1. The van der Waals surface area contributed by atoms with E-state index in [1.807, 2.05) is 38.1 Å². The monoisotopic (exact) mass is 455 g/mol. The van der Waals surface area contributed by atoms with Gasteiger partial charge in [0.05, 0.1) is 18.2 Å². The number of carbonyl (C=O) groups is 2. The molecule has 3 aromatic rings. The first kappa shape index (κ1) is 21.8. The molecule has 34 heavy (non-hydrogen) atoms. The molecule has 3 aromatic carbocycles. The molecule has 2 aliphatic heterocycles. The molecule has 0 radical (unpaired) electrons. The second-order valence-corrected chi connectivity index (χ2v) is 8.87. The number of benzene rings is 3. The Morgan fingerprint density at radius 1 is 1.03 bits per heavy atom. The minimum Gasteiger partial charge on any atom is -0.508 e. The largest absolute Gasteiger partial charge is 0.508 e. The molecule has 0 bridgehead atoms. The number of aliphatic hydroxyl groups excluding tert-OH is 1. The zero-order valence-electron chi connectivity index (χ0n) is 19.0. The summed E-state index contributed by atoms with van der Waals surface area (Å²) in [6.45, 7) is 4.74. The minimum absolute atomic E-state index is 0.0415. The number of likely N-dealkylation sites (tertiary alicyclic amines) is 1. The second kappa shape index (κ2) is 8.37. The first-order chi connectivity index (χ1) is 16.3. The first-order valence-electron chi connectivity index (χ1n) is 11.2. The maximum Gasteiger partial charge on any atom is 0.295 e. The number of fused-ring (bicyclic) bond motifs is 1. The van der Waals surface area contributed by atoms with Gasteiger partial charge >= 0.3 is 0 Å². The van der Waals surface area contributed by atoms with Crippen LogP contribution in [0.1, 0.15) is 39.4 Å². The highest BCUT2D eigenvalue weighted by Gasteiger charge is 2.46. The third-order valence-corrected chi connectivity index (χ3v) is 6.56. The third-order valence-electron chi connectivity index (χ3n) is 6.56. The molecule has 1 atom stereocenters. The number of ether oxygens (including phenoxy) is 1. The average molecular weight is 456 g/mol. The van der Waals surface area contributed by atoms with Gasteiger partial charge in [-0.15, -0.1) is 0 Å². The van der Waals surface area contributed by atoms with E-state index in [4.69, 9.17) is 4.74 Å². The molecular weight excluding hydrogens is 430 g/mol. The highest BCUT2D eigenvalue weighted by Crippen LogP contribution is 2.41. The van der Waals surface area contributed by atoms with E-state index in [9.17, 15) is 19.8 Å². The van der Waals surface area contributed by atoms with Gasteiger partial charge in [-0.3, -0.25) is 9.59 Å². The van der Waals surface area contributed by atoms with Crippen molar-refractivity contribution in [3.05, 3.63) is 99.6 Å². The molecule has 0 aliphatic carbocycles. The Morgan fingerprint density at radius 3 is 2.56 bits per heavy atom. The molecule has 2 heterocycles. The Morgan fingerprint density at radius 2 is 1.79 bits per heavy atom. The van der Waals surface area contributed by atoms with Gasteiger partial charge in [0.25, 0.3) is 11.7 Å². The number of hydrogen-bond acceptors (Lipinski definition) is 5. The first-order valence-corrected chi connectivity index (χ1v) is 11.2. The molecule has 5 rings (SSSR count). The number of aryl methyl sites for hydroxylation is 2. The van der Waals surface area contributed by atoms with E-state index in [1.54, 1.807) is 24.3 Å². The molecule has 2 aliphatic rings. The van der Waals surface area contributed by atoms with Crippen molar-refractivity contribution in [2.75, 3.05) is 6.61 Å². The number of aliphatic hydroxyl groups is 1. The van der Waals surface area contributed by atoms with Crippen molar-refractivity contribution in [2.45, 2.75) is 32.9 Å². The van der Waals surface area contributed by atoms with Crippen molar-refractivity contribution in [1.82, 2.24) is 4.90 Å². The number of hydrogen-bond donors (Lipinski definition) is 2. The van der Waals surface area contributed by atoms with Crippen LogP contribution >= 0.6 is 0 Å². The topological polar surface area (TPSA) is 87.1 Å². The van der Waals surface area contributed by atoms with Crippen molar-refractivity contribution >= 4 is 17.4 Å². The van der Waals surface area contributed by atoms with Crippen molar-refractivity contribution in [2.24, 2.45) is 0 Å². The Balaban J connectivity index is 1.65. The number of phenols is 1. The summed E-state index contributed by atoms with van der Waals surface area (Å²) in [5.74, 6) is -0.756. The van der Waals surface area contributed by atoms with Gasteiger partial charge < -0.3 is 19.8 Å². The van der Waals surface area contributed by atoms with Crippen molar-refractivity contribution in [1.29, 1.82) is 0 Å². The molecule has 1 saturated heterocycles. The van der Waals surface area contributed by atoms with Crippen molar-refractivity contribution in [3.63, 3.8) is 0 Å². The lowest BCUT2D eigenvalue weighted by molar-refractivity contribution is -0.140. The fourth-order valence-electron chi connectivity index (χ4n) is 4.69. The zero-order valence-corrected chi connectivity index (χ0v) is 19.0. The lowest BCUT2D eigenvalue weighted by atomic mass is 9.94. The second-order valence-electron chi connectivity index (χ2n) is 8.87. The molecule has 172 valence electrons. The SMILES string of the molecule is Cc1ccc(C)c(CN2C(=O)C(=O)/C(=C(\O)c3ccc4c(c3)CCO4)C2c2ccc(O)cc2)c1. The number of amides is 1. The predicted molar refractivity (Wildman–Crippen MR) is 128 cm³/mol. The van der Waals surface area contributed by atoms with E-state index in [1.165, 1.54) is 17.0 Å². The summed E-state index contributed by atoms with van der Waals surface area (Å²) in [5.41, 5.74) is 5.09. The number of Topliss-reactive ketones (excluding diaryl/α,β-unsaturated/α-hetero) is 1. The van der Waals surface area contributed by atoms with Gasteiger partial charge in [-0.25, -0.2) is 0 Å². The lowest BCUT2D eigenvalue weighted by Gasteiger charge is -2.26. The van der Waals surface area contributed by atoms with E-state index < -0.39 is 17.7 Å². The van der Waals surface area contributed by atoms with E-state index >= 15 is 0 Å². The Hall–Kier alpha value is -4.06.